The predicted octanol–water partition coefficient (Wildman–Crippen LogP) is 2.93. The summed E-state index contributed by atoms with van der Waals surface area (Å²) in [5.74, 6) is 2.62. The van der Waals surface area contributed by atoms with E-state index >= 15 is 0 Å². The third-order valence-corrected chi connectivity index (χ3v) is 4.72. The second kappa shape index (κ2) is 7.09. The van der Waals surface area contributed by atoms with E-state index in [2.05, 4.69) is 36.2 Å². The molecule has 3 atom stereocenters. The maximum atomic E-state index is 5.50. The number of piperidine rings is 1. The van der Waals surface area contributed by atoms with Crippen LogP contribution in [0.4, 0.5) is 0 Å². The van der Waals surface area contributed by atoms with Crippen LogP contribution >= 0.6 is 0 Å². The smallest absolute Gasteiger partial charge is 0.123 e. The molecule has 1 aliphatic heterocycles. The summed E-state index contributed by atoms with van der Waals surface area (Å²) in [6.45, 7) is 8.20. The van der Waals surface area contributed by atoms with Gasteiger partial charge in [-0.05, 0) is 37.9 Å². The van der Waals surface area contributed by atoms with Crippen molar-refractivity contribution in [1.29, 1.82) is 0 Å². The monoisotopic (exact) mass is 276 g/mol. The van der Waals surface area contributed by atoms with Gasteiger partial charge in [-0.2, -0.15) is 0 Å². The Morgan fingerprint density at radius 3 is 2.70 bits per heavy atom. The van der Waals surface area contributed by atoms with Crippen LogP contribution in [-0.2, 0) is 0 Å². The van der Waals surface area contributed by atoms with E-state index in [-0.39, 0.29) is 0 Å². The van der Waals surface area contributed by atoms with Crippen molar-refractivity contribution in [3.05, 3.63) is 29.8 Å². The SMILES string of the molecule is CNC(CN1CCC(C)C(C)C1)c1ccccc1OC. The van der Waals surface area contributed by atoms with E-state index in [1.807, 2.05) is 19.2 Å². The fourth-order valence-corrected chi connectivity index (χ4v) is 3.07. The Balaban J connectivity index is 2.05. The van der Waals surface area contributed by atoms with E-state index in [1.54, 1.807) is 7.11 Å². The quantitative estimate of drug-likeness (QED) is 0.895. The van der Waals surface area contributed by atoms with Crippen molar-refractivity contribution in [2.24, 2.45) is 11.8 Å². The molecule has 3 heteroatoms. The average molecular weight is 276 g/mol. The van der Waals surface area contributed by atoms with Crippen molar-refractivity contribution in [2.75, 3.05) is 33.8 Å². The summed E-state index contributed by atoms with van der Waals surface area (Å²) >= 11 is 0. The van der Waals surface area contributed by atoms with Gasteiger partial charge in [0.1, 0.15) is 5.75 Å². The van der Waals surface area contributed by atoms with Crippen molar-refractivity contribution < 1.29 is 4.74 Å². The van der Waals surface area contributed by atoms with Gasteiger partial charge in [0.25, 0.3) is 0 Å². The standard InChI is InChI=1S/C17H28N2O/c1-13-9-10-19(11-14(13)2)12-16(18-3)15-7-5-6-8-17(15)20-4/h5-8,13-14,16,18H,9-12H2,1-4H3. The largest absolute Gasteiger partial charge is 0.496 e. The molecule has 20 heavy (non-hydrogen) atoms. The minimum Gasteiger partial charge on any atom is -0.496 e. The van der Waals surface area contributed by atoms with E-state index in [1.165, 1.54) is 25.1 Å². The Labute approximate surface area is 123 Å². The van der Waals surface area contributed by atoms with E-state index < -0.39 is 0 Å². The Morgan fingerprint density at radius 2 is 2.05 bits per heavy atom. The minimum atomic E-state index is 0.326. The first-order valence-electron chi connectivity index (χ1n) is 7.68. The molecule has 1 fully saturated rings. The molecule has 0 radical (unpaired) electrons. The first-order valence-corrected chi connectivity index (χ1v) is 7.68. The van der Waals surface area contributed by atoms with Crippen LogP contribution in [-0.4, -0.2) is 38.7 Å². The normalized spacial score (nSPS) is 25.4. The highest BCUT2D eigenvalue weighted by molar-refractivity contribution is 5.36. The van der Waals surface area contributed by atoms with Crippen LogP contribution in [0.5, 0.6) is 5.75 Å². The number of rotatable bonds is 5. The lowest BCUT2D eigenvalue weighted by Crippen LogP contribution is -2.42. The molecule has 0 bridgehead atoms. The van der Waals surface area contributed by atoms with E-state index in [0.717, 1.165) is 24.1 Å². The molecule has 1 aromatic carbocycles. The molecule has 1 aromatic rings. The summed E-state index contributed by atoms with van der Waals surface area (Å²) in [5, 5.41) is 3.44. The summed E-state index contributed by atoms with van der Waals surface area (Å²) in [7, 11) is 3.78. The lowest BCUT2D eigenvalue weighted by Gasteiger charge is -2.37. The molecule has 0 amide bonds. The molecule has 1 aliphatic rings. The first-order chi connectivity index (χ1) is 9.65. The highest BCUT2D eigenvalue weighted by atomic mass is 16.5. The lowest BCUT2D eigenvalue weighted by molar-refractivity contribution is 0.127. The average Bonchev–Trinajstić information content (AvgIpc) is 2.48. The molecular formula is C17H28N2O. The van der Waals surface area contributed by atoms with Crippen LogP contribution in [0.3, 0.4) is 0 Å². The molecule has 1 heterocycles. The van der Waals surface area contributed by atoms with Gasteiger partial charge in [0.15, 0.2) is 0 Å². The van der Waals surface area contributed by atoms with Gasteiger partial charge in [0, 0.05) is 24.7 Å². The molecule has 112 valence electrons. The third kappa shape index (κ3) is 3.53. The minimum absolute atomic E-state index is 0.326. The van der Waals surface area contributed by atoms with E-state index in [4.69, 9.17) is 4.74 Å². The highest BCUT2D eigenvalue weighted by Gasteiger charge is 2.25. The van der Waals surface area contributed by atoms with Crippen molar-refractivity contribution in [3.8, 4) is 5.75 Å². The van der Waals surface area contributed by atoms with Gasteiger partial charge in [0.2, 0.25) is 0 Å². The Kier molecular flexibility index (Phi) is 5.44. The summed E-state index contributed by atoms with van der Waals surface area (Å²) < 4.78 is 5.50. The number of para-hydroxylation sites is 1. The molecule has 0 aromatic heterocycles. The van der Waals surface area contributed by atoms with Gasteiger partial charge in [-0.1, -0.05) is 32.0 Å². The van der Waals surface area contributed by atoms with Gasteiger partial charge >= 0.3 is 0 Å². The van der Waals surface area contributed by atoms with Gasteiger partial charge in [-0.3, -0.25) is 0 Å². The molecule has 0 saturated carbocycles. The van der Waals surface area contributed by atoms with Crippen LogP contribution in [0, 0.1) is 11.8 Å². The number of nitrogens with one attached hydrogen (secondary N) is 1. The van der Waals surface area contributed by atoms with Crippen LogP contribution in [0.1, 0.15) is 31.9 Å². The zero-order chi connectivity index (χ0) is 14.5. The van der Waals surface area contributed by atoms with Crippen LogP contribution in [0.15, 0.2) is 24.3 Å². The molecular weight excluding hydrogens is 248 g/mol. The lowest BCUT2D eigenvalue weighted by atomic mass is 9.88. The topological polar surface area (TPSA) is 24.5 Å². The number of methoxy groups -OCH3 is 1. The van der Waals surface area contributed by atoms with Crippen molar-refractivity contribution in [3.63, 3.8) is 0 Å². The van der Waals surface area contributed by atoms with Crippen molar-refractivity contribution in [2.45, 2.75) is 26.3 Å². The zero-order valence-corrected chi connectivity index (χ0v) is 13.2. The van der Waals surface area contributed by atoms with E-state index in [0.29, 0.717) is 6.04 Å². The highest BCUT2D eigenvalue weighted by Crippen LogP contribution is 2.28. The van der Waals surface area contributed by atoms with Gasteiger partial charge < -0.3 is 15.0 Å². The number of hydrogen-bond acceptors (Lipinski definition) is 3. The van der Waals surface area contributed by atoms with E-state index in [9.17, 15) is 0 Å². The fraction of sp³-hybridized carbons (Fsp3) is 0.647. The van der Waals surface area contributed by atoms with Crippen LogP contribution in [0.2, 0.25) is 0 Å². The number of benzene rings is 1. The number of likely N-dealkylation sites (N-methyl/N-ethyl adjacent to an activating group) is 1. The summed E-state index contributed by atoms with van der Waals surface area (Å²) in [6, 6.07) is 8.64. The number of nitrogens with zero attached hydrogens (tertiary/aromatic N) is 1. The van der Waals surface area contributed by atoms with Crippen LogP contribution in [0.25, 0.3) is 0 Å². The summed E-state index contributed by atoms with van der Waals surface area (Å²) in [6.07, 6.45) is 1.31. The Hall–Kier alpha value is -1.06. The van der Waals surface area contributed by atoms with Gasteiger partial charge in [-0.15, -0.1) is 0 Å². The van der Waals surface area contributed by atoms with Crippen LogP contribution < -0.4 is 10.1 Å². The number of ether oxygens (including phenoxy) is 1. The predicted molar refractivity (Wildman–Crippen MR) is 84.2 cm³/mol. The van der Waals surface area contributed by atoms with Gasteiger partial charge in [0.05, 0.1) is 7.11 Å². The second-order valence-electron chi connectivity index (χ2n) is 6.09. The summed E-state index contributed by atoms with van der Waals surface area (Å²) in [5.41, 5.74) is 1.25. The maximum Gasteiger partial charge on any atom is 0.123 e. The van der Waals surface area contributed by atoms with Crippen molar-refractivity contribution in [1.82, 2.24) is 10.2 Å². The fourth-order valence-electron chi connectivity index (χ4n) is 3.07. The summed E-state index contributed by atoms with van der Waals surface area (Å²) in [4.78, 5) is 2.58. The molecule has 3 unspecified atom stereocenters. The van der Waals surface area contributed by atoms with Crippen molar-refractivity contribution >= 4 is 0 Å². The number of hydrogen-bond donors (Lipinski definition) is 1. The molecule has 0 spiro atoms. The molecule has 2 rings (SSSR count). The molecule has 1 N–H and O–H groups in total. The Bertz CT molecular complexity index is 421. The maximum absolute atomic E-state index is 5.50. The van der Waals surface area contributed by atoms with Gasteiger partial charge in [-0.25, -0.2) is 0 Å². The number of likely N-dealkylation sites (tertiary alicyclic amines) is 1. The Morgan fingerprint density at radius 1 is 1.30 bits per heavy atom. The first kappa shape index (κ1) is 15.3. The molecule has 3 nitrogen and oxygen atoms in total. The molecule has 1 saturated heterocycles. The zero-order valence-electron chi connectivity index (χ0n) is 13.2. The molecule has 0 aliphatic carbocycles. The third-order valence-electron chi connectivity index (χ3n) is 4.72. The second-order valence-corrected chi connectivity index (χ2v) is 6.09.